The Labute approximate surface area is 135 Å². The lowest BCUT2D eigenvalue weighted by atomic mass is 10.1. The van der Waals surface area contributed by atoms with E-state index in [1.54, 1.807) is 23.7 Å². The smallest absolute Gasteiger partial charge is 0.225 e. The van der Waals surface area contributed by atoms with Crippen molar-refractivity contribution in [1.82, 2.24) is 9.73 Å². The average Bonchev–Trinajstić information content (AvgIpc) is 3.00. The van der Waals surface area contributed by atoms with Crippen molar-refractivity contribution >= 4 is 35.9 Å². The molecule has 0 fully saturated rings. The molecule has 0 bridgehead atoms. The third-order valence-corrected chi connectivity index (χ3v) is 5.01. The fraction of sp³-hybridized carbons (Fsp3) is 0.467. The number of hydrogen-bond acceptors (Lipinski definition) is 4. The van der Waals surface area contributed by atoms with Gasteiger partial charge in [-0.05, 0) is 43.7 Å². The molecule has 0 aromatic heterocycles. The molecule has 6 heteroatoms. The highest BCUT2D eigenvalue weighted by Gasteiger charge is 2.20. The van der Waals surface area contributed by atoms with Crippen LogP contribution in [0.2, 0.25) is 0 Å². The second-order valence-electron chi connectivity index (χ2n) is 4.67. The zero-order chi connectivity index (χ0) is 15.1. The third-order valence-electron chi connectivity index (χ3n) is 3.22. The molecule has 1 atom stereocenters. The molecule has 21 heavy (non-hydrogen) atoms. The first-order chi connectivity index (χ1) is 10.3. The fourth-order valence-corrected chi connectivity index (χ4v) is 3.53. The van der Waals surface area contributed by atoms with E-state index in [0.717, 1.165) is 25.5 Å². The van der Waals surface area contributed by atoms with Crippen LogP contribution in [0.3, 0.4) is 0 Å². The summed E-state index contributed by atoms with van der Waals surface area (Å²) in [5.41, 5.74) is 0. The van der Waals surface area contributed by atoms with E-state index in [0.29, 0.717) is 5.92 Å². The van der Waals surface area contributed by atoms with Crippen molar-refractivity contribution in [2.75, 3.05) is 19.3 Å². The van der Waals surface area contributed by atoms with Gasteiger partial charge in [0.15, 0.2) is 0 Å². The standard InChI is InChI=1S/C15H22N4S2/c1-4-12-10-17-19(11-12)15(16-5-2)18-21-14-9-7-6-8-13(14)20-3/h6-10,12H,4-5,11H2,1-3H3,(H,16,18). The minimum Gasteiger partial charge on any atom is -0.295 e. The van der Waals surface area contributed by atoms with Crippen molar-refractivity contribution < 1.29 is 0 Å². The zero-order valence-electron chi connectivity index (χ0n) is 12.7. The van der Waals surface area contributed by atoms with Crippen molar-refractivity contribution in [3.05, 3.63) is 24.3 Å². The molecular formula is C15H22N4S2. The summed E-state index contributed by atoms with van der Waals surface area (Å²) in [5.74, 6) is 1.36. The van der Waals surface area contributed by atoms with Crippen molar-refractivity contribution in [3.8, 4) is 0 Å². The van der Waals surface area contributed by atoms with Crippen molar-refractivity contribution in [2.45, 2.75) is 30.1 Å². The normalized spacial score (nSPS) is 18.3. The van der Waals surface area contributed by atoms with Gasteiger partial charge >= 0.3 is 0 Å². The summed E-state index contributed by atoms with van der Waals surface area (Å²) in [6.07, 6.45) is 5.23. The van der Waals surface area contributed by atoms with Crippen LogP contribution in [-0.4, -0.2) is 36.5 Å². The lowest BCUT2D eigenvalue weighted by molar-refractivity contribution is 0.431. The van der Waals surface area contributed by atoms with E-state index in [1.807, 2.05) is 18.1 Å². The van der Waals surface area contributed by atoms with Crippen molar-refractivity contribution in [3.63, 3.8) is 0 Å². The summed E-state index contributed by atoms with van der Waals surface area (Å²) in [4.78, 5) is 7.01. The van der Waals surface area contributed by atoms with Crippen molar-refractivity contribution in [2.24, 2.45) is 16.0 Å². The highest BCUT2D eigenvalue weighted by atomic mass is 32.2. The highest BCUT2D eigenvalue weighted by molar-refractivity contribution is 8.01. The number of rotatable bonds is 5. The largest absolute Gasteiger partial charge is 0.295 e. The van der Waals surface area contributed by atoms with Crippen LogP contribution in [0, 0.1) is 5.92 Å². The Balaban J connectivity index is 2.01. The van der Waals surface area contributed by atoms with Crippen LogP contribution in [0.4, 0.5) is 0 Å². The molecule has 0 saturated heterocycles. The topological polar surface area (TPSA) is 40.0 Å². The van der Waals surface area contributed by atoms with Gasteiger partial charge in [-0.2, -0.15) is 5.10 Å². The van der Waals surface area contributed by atoms with E-state index >= 15 is 0 Å². The van der Waals surface area contributed by atoms with Gasteiger partial charge < -0.3 is 0 Å². The monoisotopic (exact) mass is 322 g/mol. The second kappa shape index (κ2) is 8.34. The molecule has 1 aromatic carbocycles. The number of aliphatic imine (C=N–C) groups is 1. The van der Waals surface area contributed by atoms with Gasteiger partial charge in [-0.1, -0.05) is 19.1 Å². The maximum absolute atomic E-state index is 4.54. The summed E-state index contributed by atoms with van der Waals surface area (Å²) >= 11 is 3.35. The summed E-state index contributed by atoms with van der Waals surface area (Å²) in [5, 5.41) is 6.42. The molecule has 0 radical (unpaired) electrons. The first kappa shape index (κ1) is 16.2. The van der Waals surface area contributed by atoms with E-state index < -0.39 is 0 Å². The highest BCUT2D eigenvalue weighted by Crippen LogP contribution is 2.27. The number of guanidine groups is 1. The SMILES string of the molecule is CCN=C(NSc1ccccc1SC)N1CC(CC)C=N1. The van der Waals surface area contributed by atoms with Gasteiger partial charge in [-0.15, -0.1) is 11.8 Å². The lowest BCUT2D eigenvalue weighted by Crippen LogP contribution is -2.34. The van der Waals surface area contributed by atoms with Gasteiger partial charge in [0.1, 0.15) is 0 Å². The molecule has 1 aliphatic heterocycles. The number of thioether (sulfide) groups is 1. The van der Waals surface area contributed by atoms with E-state index in [9.17, 15) is 0 Å². The minimum atomic E-state index is 0.525. The molecule has 1 aromatic rings. The molecule has 2 rings (SSSR count). The van der Waals surface area contributed by atoms with Crippen molar-refractivity contribution in [1.29, 1.82) is 0 Å². The summed E-state index contributed by atoms with van der Waals surface area (Å²) < 4.78 is 3.36. The van der Waals surface area contributed by atoms with Crippen LogP contribution in [0.25, 0.3) is 0 Å². The number of hydrogen-bond donors (Lipinski definition) is 1. The Hall–Kier alpha value is -1.14. The molecule has 4 nitrogen and oxygen atoms in total. The second-order valence-corrected chi connectivity index (χ2v) is 6.36. The molecular weight excluding hydrogens is 300 g/mol. The zero-order valence-corrected chi connectivity index (χ0v) is 14.4. The van der Waals surface area contributed by atoms with E-state index in [1.165, 1.54) is 9.79 Å². The molecule has 1 aliphatic rings. The predicted octanol–water partition coefficient (Wildman–Crippen LogP) is 3.71. The summed E-state index contributed by atoms with van der Waals surface area (Å²) in [6.45, 7) is 5.88. The number of nitrogens with zero attached hydrogens (tertiary/aromatic N) is 3. The average molecular weight is 323 g/mol. The molecule has 0 spiro atoms. The molecule has 0 amide bonds. The number of benzene rings is 1. The number of nitrogens with one attached hydrogen (secondary N) is 1. The van der Waals surface area contributed by atoms with Gasteiger partial charge in [-0.3, -0.25) is 9.71 Å². The molecule has 0 saturated carbocycles. The summed E-state index contributed by atoms with van der Waals surface area (Å²) in [7, 11) is 0. The van der Waals surface area contributed by atoms with Crippen LogP contribution in [0.5, 0.6) is 0 Å². The van der Waals surface area contributed by atoms with Gasteiger partial charge in [0.25, 0.3) is 0 Å². The fourth-order valence-electron chi connectivity index (χ4n) is 1.99. The first-order valence-electron chi connectivity index (χ1n) is 7.20. The maximum Gasteiger partial charge on any atom is 0.225 e. The Morgan fingerprint density at radius 3 is 2.76 bits per heavy atom. The van der Waals surface area contributed by atoms with Gasteiger partial charge in [-0.25, -0.2) is 5.01 Å². The Kier molecular flexibility index (Phi) is 6.45. The number of hydrazone groups is 1. The van der Waals surface area contributed by atoms with Crippen LogP contribution in [-0.2, 0) is 0 Å². The third kappa shape index (κ3) is 4.41. The maximum atomic E-state index is 4.54. The quantitative estimate of drug-likeness (QED) is 0.388. The Morgan fingerprint density at radius 2 is 2.14 bits per heavy atom. The van der Waals surface area contributed by atoms with E-state index in [-0.39, 0.29) is 0 Å². The Bertz CT molecular complexity index is 516. The molecule has 1 unspecified atom stereocenters. The Morgan fingerprint density at radius 1 is 1.38 bits per heavy atom. The van der Waals surface area contributed by atoms with Crippen LogP contribution in [0.1, 0.15) is 20.3 Å². The minimum absolute atomic E-state index is 0.525. The molecule has 114 valence electrons. The van der Waals surface area contributed by atoms with Gasteiger partial charge in [0, 0.05) is 28.5 Å². The predicted molar refractivity (Wildman–Crippen MR) is 94.2 cm³/mol. The van der Waals surface area contributed by atoms with Gasteiger partial charge in [0.2, 0.25) is 5.96 Å². The van der Waals surface area contributed by atoms with E-state index in [4.69, 9.17) is 0 Å². The lowest BCUT2D eigenvalue weighted by Gasteiger charge is -2.19. The first-order valence-corrected chi connectivity index (χ1v) is 9.24. The van der Waals surface area contributed by atoms with Gasteiger partial charge in [0.05, 0.1) is 6.54 Å². The van der Waals surface area contributed by atoms with E-state index in [2.05, 4.69) is 52.3 Å². The van der Waals surface area contributed by atoms with Crippen LogP contribution in [0.15, 0.2) is 44.2 Å². The van der Waals surface area contributed by atoms with Crippen LogP contribution >= 0.6 is 23.7 Å². The molecule has 1 heterocycles. The molecule has 1 N–H and O–H groups in total. The summed E-state index contributed by atoms with van der Waals surface area (Å²) in [6, 6.07) is 8.37. The molecule has 0 aliphatic carbocycles. The van der Waals surface area contributed by atoms with Crippen LogP contribution < -0.4 is 4.72 Å².